The van der Waals surface area contributed by atoms with E-state index in [4.69, 9.17) is 22.3 Å². The first kappa shape index (κ1) is 15.6. The number of carbonyl (C=O) groups is 1. The Morgan fingerprint density at radius 2 is 2.00 bits per heavy atom. The Kier molecular flexibility index (Phi) is 3.82. The quantitative estimate of drug-likeness (QED) is 0.661. The number of carbonyl (C=O) groups excluding carboxylic acids is 1. The number of benzene rings is 1. The Bertz CT molecular complexity index is 977. The van der Waals surface area contributed by atoms with Crippen LogP contribution in [0.5, 0.6) is 0 Å². The number of ketones is 1. The summed E-state index contributed by atoms with van der Waals surface area (Å²) in [5.41, 5.74) is 11.2. The average Bonchev–Trinajstić information content (AvgIpc) is 2.91. The molecule has 2 heterocycles. The summed E-state index contributed by atoms with van der Waals surface area (Å²) in [6.07, 6.45) is 4.43. The molecule has 1 aliphatic rings. The first-order valence-corrected chi connectivity index (χ1v) is 9.26. The van der Waals surface area contributed by atoms with E-state index < -0.39 is 0 Å². The molecule has 0 bridgehead atoms. The molecule has 0 fully saturated rings. The summed E-state index contributed by atoms with van der Waals surface area (Å²) in [6.45, 7) is 2.05. The zero-order valence-electron chi connectivity index (χ0n) is 13.4. The van der Waals surface area contributed by atoms with Gasteiger partial charge in [0.1, 0.15) is 9.71 Å². The predicted octanol–water partition coefficient (Wildman–Crippen LogP) is 4.95. The zero-order chi connectivity index (χ0) is 16.8. The summed E-state index contributed by atoms with van der Waals surface area (Å²) in [5, 5.41) is 1.54. The van der Waals surface area contributed by atoms with Crippen LogP contribution < -0.4 is 5.73 Å². The highest BCUT2D eigenvalue weighted by Gasteiger charge is 2.24. The summed E-state index contributed by atoms with van der Waals surface area (Å²) in [6, 6.07) is 6.99. The number of nitrogen functional groups attached to an aromatic ring is 1. The second kappa shape index (κ2) is 5.87. The molecule has 2 N–H and O–H groups in total. The fraction of sp³-hybridized carbons (Fsp3) is 0.263. The van der Waals surface area contributed by atoms with Gasteiger partial charge in [-0.3, -0.25) is 4.79 Å². The Morgan fingerprint density at radius 3 is 2.75 bits per heavy atom. The maximum atomic E-state index is 12.9. The first-order chi connectivity index (χ1) is 11.6. The van der Waals surface area contributed by atoms with E-state index in [1.807, 2.05) is 0 Å². The summed E-state index contributed by atoms with van der Waals surface area (Å²) in [4.78, 5) is 19.0. The number of anilines is 1. The van der Waals surface area contributed by atoms with Crippen molar-refractivity contribution >= 4 is 44.6 Å². The molecule has 24 heavy (non-hydrogen) atoms. The van der Waals surface area contributed by atoms with Gasteiger partial charge in [-0.2, -0.15) is 0 Å². The van der Waals surface area contributed by atoms with Crippen LogP contribution in [0.15, 0.2) is 24.3 Å². The summed E-state index contributed by atoms with van der Waals surface area (Å²) >= 11 is 7.41. The fourth-order valence-electron chi connectivity index (χ4n) is 3.53. The van der Waals surface area contributed by atoms with Crippen molar-refractivity contribution in [3.8, 4) is 0 Å². The lowest BCUT2D eigenvalue weighted by Crippen LogP contribution is -2.08. The molecule has 5 heteroatoms. The molecule has 0 saturated carbocycles. The van der Waals surface area contributed by atoms with E-state index in [1.165, 1.54) is 35.3 Å². The lowest BCUT2D eigenvalue weighted by molar-refractivity contribution is 0.104. The zero-order valence-corrected chi connectivity index (χ0v) is 14.9. The number of aryl methyl sites for hydroxylation is 2. The number of fused-ring (bicyclic) bond motifs is 3. The molecule has 0 saturated heterocycles. The average molecular weight is 357 g/mol. The summed E-state index contributed by atoms with van der Waals surface area (Å²) < 4.78 is 0. The molecule has 2 aromatic heterocycles. The lowest BCUT2D eigenvalue weighted by Gasteiger charge is -2.18. The third-order valence-electron chi connectivity index (χ3n) is 4.70. The fourth-order valence-corrected chi connectivity index (χ4v) is 4.86. The minimum absolute atomic E-state index is 0.0831. The Balaban J connectivity index is 1.92. The molecule has 0 atom stereocenters. The van der Waals surface area contributed by atoms with E-state index >= 15 is 0 Å². The maximum Gasteiger partial charge on any atom is 0.205 e. The minimum Gasteiger partial charge on any atom is -0.397 e. The van der Waals surface area contributed by atoms with Gasteiger partial charge in [0.2, 0.25) is 5.78 Å². The molecule has 0 amide bonds. The van der Waals surface area contributed by atoms with Gasteiger partial charge >= 0.3 is 0 Å². The lowest BCUT2D eigenvalue weighted by atomic mass is 9.89. The third-order valence-corrected chi connectivity index (χ3v) is 6.03. The van der Waals surface area contributed by atoms with Gasteiger partial charge in [-0.05, 0) is 55.9 Å². The van der Waals surface area contributed by atoms with Gasteiger partial charge < -0.3 is 5.73 Å². The highest BCUT2D eigenvalue weighted by atomic mass is 35.5. The number of halogens is 1. The first-order valence-electron chi connectivity index (χ1n) is 8.07. The number of rotatable bonds is 2. The van der Waals surface area contributed by atoms with E-state index in [1.54, 1.807) is 24.3 Å². The molecule has 0 unspecified atom stereocenters. The molecule has 4 rings (SSSR count). The number of nitrogens with two attached hydrogens (primary N) is 1. The standard InChI is InChI=1S/C19H17ClN2OS/c1-10-13-7-2-3-8-14(13)15-16(21)18(24-19(15)22-10)17(23)11-5-4-6-12(20)9-11/h4-6,9H,2-3,7-8,21H2,1H3. The van der Waals surface area contributed by atoms with Gasteiger partial charge in [0.05, 0.1) is 5.69 Å². The van der Waals surface area contributed by atoms with Crippen molar-refractivity contribution in [3.05, 3.63) is 56.5 Å². The summed E-state index contributed by atoms with van der Waals surface area (Å²) in [7, 11) is 0. The van der Waals surface area contributed by atoms with E-state index in [2.05, 4.69) is 6.92 Å². The van der Waals surface area contributed by atoms with Crippen LogP contribution in [0.4, 0.5) is 5.69 Å². The van der Waals surface area contributed by atoms with Gasteiger partial charge in [-0.25, -0.2) is 4.98 Å². The SMILES string of the molecule is Cc1nc2sc(C(=O)c3cccc(Cl)c3)c(N)c2c2c1CCCC2. The van der Waals surface area contributed by atoms with E-state index in [9.17, 15) is 4.79 Å². The monoisotopic (exact) mass is 356 g/mol. The Hall–Kier alpha value is -1.91. The van der Waals surface area contributed by atoms with Crippen LogP contribution >= 0.6 is 22.9 Å². The van der Waals surface area contributed by atoms with Crippen molar-refractivity contribution in [2.45, 2.75) is 32.6 Å². The smallest absolute Gasteiger partial charge is 0.205 e. The molecular formula is C19H17ClN2OS. The second-order valence-electron chi connectivity index (χ2n) is 6.23. The van der Waals surface area contributed by atoms with Crippen molar-refractivity contribution in [2.75, 3.05) is 5.73 Å². The molecule has 3 nitrogen and oxygen atoms in total. The molecule has 1 aromatic carbocycles. The number of hydrogen-bond donors (Lipinski definition) is 1. The van der Waals surface area contributed by atoms with Crippen LogP contribution in [-0.2, 0) is 12.8 Å². The minimum atomic E-state index is -0.0831. The Labute approximate surface area is 149 Å². The highest BCUT2D eigenvalue weighted by molar-refractivity contribution is 7.21. The van der Waals surface area contributed by atoms with Crippen LogP contribution in [-0.4, -0.2) is 10.8 Å². The number of hydrogen-bond acceptors (Lipinski definition) is 4. The van der Waals surface area contributed by atoms with Crippen molar-refractivity contribution in [2.24, 2.45) is 0 Å². The Morgan fingerprint density at radius 1 is 1.25 bits per heavy atom. The normalized spacial score (nSPS) is 13.9. The molecule has 0 spiro atoms. The second-order valence-corrected chi connectivity index (χ2v) is 7.66. The van der Waals surface area contributed by atoms with Gasteiger partial charge in [-0.1, -0.05) is 23.7 Å². The highest BCUT2D eigenvalue weighted by Crippen LogP contribution is 2.40. The van der Waals surface area contributed by atoms with Crippen LogP contribution in [0.3, 0.4) is 0 Å². The van der Waals surface area contributed by atoms with E-state index in [0.717, 1.165) is 28.8 Å². The summed E-state index contributed by atoms with van der Waals surface area (Å²) in [5.74, 6) is -0.0831. The van der Waals surface area contributed by atoms with E-state index in [0.29, 0.717) is 21.2 Å². The van der Waals surface area contributed by atoms with Crippen LogP contribution in [0.1, 0.15) is 44.9 Å². The number of thiophene rings is 1. The van der Waals surface area contributed by atoms with Crippen LogP contribution in [0.2, 0.25) is 5.02 Å². The van der Waals surface area contributed by atoms with Gasteiger partial charge in [0.15, 0.2) is 0 Å². The van der Waals surface area contributed by atoms with Crippen LogP contribution in [0, 0.1) is 6.92 Å². The van der Waals surface area contributed by atoms with Crippen molar-refractivity contribution in [3.63, 3.8) is 0 Å². The van der Waals surface area contributed by atoms with Gasteiger partial charge in [-0.15, -0.1) is 11.3 Å². The molecule has 122 valence electrons. The molecule has 1 aliphatic carbocycles. The van der Waals surface area contributed by atoms with Crippen molar-refractivity contribution < 1.29 is 4.79 Å². The van der Waals surface area contributed by atoms with Crippen molar-refractivity contribution in [1.29, 1.82) is 0 Å². The molecular weight excluding hydrogens is 340 g/mol. The number of aromatic nitrogens is 1. The topological polar surface area (TPSA) is 56.0 Å². The molecule has 3 aromatic rings. The predicted molar refractivity (Wildman–Crippen MR) is 100 cm³/mol. The van der Waals surface area contributed by atoms with Crippen molar-refractivity contribution in [1.82, 2.24) is 4.98 Å². The van der Waals surface area contributed by atoms with Gasteiger partial charge in [0, 0.05) is 21.7 Å². The number of nitrogens with zero attached hydrogens (tertiary/aromatic N) is 1. The molecule has 0 radical (unpaired) electrons. The van der Waals surface area contributed by atoms with Crippen LogP contribution in [0.25, 0.3) is 10.2 Å². The molecule has 0 aliphatic heterocycles. The largest absolute Gasteiger partial charge is 0.397 e. The maximum absolute atomic E-state index is 12.9. The number of pyridine rings is 1. The van der Waals surface area contributed by atoms with Gasteiger partial charge in [0.25, 0.3) is 0 Å². The van der Waals surface area contributed by atoms with E-state index in [-0.39, 0.29) is 5.78 Å². The third kappa shape index (κ3) is 2.41.